The van der Waals surface area contributed by atoms with Crippen molar-refractivity contribution in [2.45, 2.75) is 39.5 Å². The van der Waals surface area contributed by atoms with Gasteiger partial charge < -0.3 is 10.1 Å². The number of amides is 1. The van der Waals surface area contributed by atoms with Crippen LogP contribution in [0.25, 0.3) is 0 Å². The van der Waals surface area contributed by atoms with Crippen molar-refractivity contribution in [2.75, 3.05) is 11.9 Å². The normalized spacial score (nSPS) is 10.7. The van der Waals surface area contributed by atoms with Crippen LogP contribution in [0, 0.1) is 0 Å². The summed E-state index contributed by atoms with van der Waals surface area (Å²) in [6.07, 6.45) is 1.12. The van der Waals surface area contributed by atoms with Crippen LogP contribution < -0.4 is 10.1 Å². The third-order valence-corrected chi connectivity index (χ3v) is 4.10. The summed E-state index contributed by atoms with van der Waals surface area (Å²) in [5, 5.41) is 5.99. The Morgan fingerprint density at radius 2 is 2.05 bits per heavy atom. The Bertz CT molecular complexity index is 605. The van der Waals surface area contributed by atoms with Gasteiger partial charge in [0.05, 0.1) is 17.3 Å². The van der Waals surface area contributed by atoms with E-state index in [2.05, 4.69) is 29.5 Å². The van der Waals surface area contributed by atoms with Gasteiger partial charge in [-0.25, -0.2) is 4.98 Å². The minimum atomic E-state index is 0.00505. The number of thiazole rings is 1. The van der Waals surface area contributed by atoms with Crippen LogP contribution in [-0.4, -0.2) is 17.5 Å². The van der Waals surface area contributed by atoms with Gasteiger partial charge in [0.15, 0.2) is 0 Å². The van der Waals surface area contributed by atoms with Crippen molar-refractivity contribution in [3.63, 3.8) is 0 Å². The van der Waals surface area contributed by atoms with E-state index in [1.54, 1.807) is 11.3 Å². The molecule has 1 heterocycles. The molecule has 2 rings (SSSR count). The van der Waals surface area contributed by atoms with Crippen molar-refractivity contribution < 1.29 is 9.53 Å². The zero-order chi connectivity index (χ0) is 15.9. The summed E-state index contributed by atoms with van der Waals surface area (Å²) in [5.41, 5.74) is 1.89. The highest BCUT2D eigenvalue weighted by molar-refractivity contribution is 7.09. The van der Waals surface area contributed by atoms with Gasteiger partial charge >= 0.3 is 0 Å². The van der Waals surface area contributed by atoms with Gasteiger partial charge in [-0.2, -0.15) is 0 Å². The maximum Gasteiger partial charge on any atom is 0.224 e. The van der Waals surface area contributed by atoms with Gasteiger partial charge in [0, 0.05) is 23.9 Å². The first kappa shape index (κ1) is 16.5. The first-order valence-corrected chi connectivity index (χ1v) is 8.43. The number of rotatable bonds is 7. The molecule has 0 unspecified atom stereocenters. The number of hydrogen-bond acceptors (Lipinski definition) is 4. The quantitative estimate of drug-likeness (QED) is 0.831. The lowest BCUT2D eigenvalue weighted by Gasteiger charge is -2.06. The molecule has 0 aliphatic heterocycles. The van der Waals surface area contributed by atoms with Crippen LogP contribution in [0.2, 0.25) is 0 Å². The Morgan fingerprint density at radius 3 is 2.64 bits per heavy atom. The lowest BCUT2D eigenvalue weighted by Crippen LogP contribution is -2.12. The molecule has 118 valence electrons. The molecule has 1 aromatic heterocycles. The Labute approximate surface area is 135 Å². The average Bonchev–Trinajstić information content (AvgIpc) is 2.97. The Balaban J connectivity index is 1.81. The molecule has 0 saturated heterocycles. The van der Waals surface area contributed by atoms with Gasteiger partial charge in [-0.05, 0) is 37.1 Å². The number of hydrogen-bond donors (Lipinski definition) is 1. The van der Waals surface area contributed by atoms with Gasteiger partial charge in [-0.3, -0.25) is 4.79 Å². The van der Waals surface area contributed by atoms with Crippen LogP contribution >= 0.6 is 11.3 Å². The molecular formula is C17H22N2O2S. The van der Waals surface area contributed by atoms with E-state index in [-0.39, 0.29) is 5.91 Å². The molecule has 0 bridgehead atoms. The lowest BCUT2D eigenvalue weighted by molar-refractivity contribution is -0.116. The van der Waals surface area contributed by atoms with Crippen LogP contribution in [0.15, 0.2) is 29.6 Å². The number of nitrogens with one attached hydrogen (secondary N) is 1. The number of aromatic nitrogens is 1. The fourth-order valence-corrected chi connectivity index (χ4v) is 2.91. The molecule has 1 aromatic carbocycles. The molecule has 1 amide bonds. The third-order valence-electron chi connectivity index (χ3n) is 3.18. The molecule has 0 spiro atoms. The number of aryl methyl sites for hydroxylation is 1. The molecule has 1 N–H and O–H groups in total. The van der Waals surface area contributed by atoms with E-state index in [1.807, 2.05) is 31.2 Å². The molecule has 0 radical (unpaired) electrons. The number of carbonyl (C=O) groups is 1. The summed E-state index contributed by atoms with van der Waals surface area (Å²) in [6.45, 7) is 6.83. The summed E-state index contributed by atoms with van der Waals surface area (Å²) in [4.78, 5) is 16.5. The van der Waals surface area contributed by atoms with Gasteiger partial charge in [-0.15, -0.1) is 11.3 Å². The molecule has 0 fully saturated rings. The molecular weight excluding hydrogens is 296 g/mol. The third kappa shape index (κ3) is 4.84. The van der Waals surface area contributed by atoms with Crippen molar-refractivity contribution in [3.05, 3.63) is 40.3 Å². The molecule has 0 aliphatic carbocycles. The van der Waals surface area contributed by atoms with E-state index in [4.69, 9.17) is 4.74 Å². The monoisotopic (exact) mass is 318 g/mol. The predicted octanol–water partition coefficient (Wildman–Crippen LogP) is 4.24. The van der Waals surface area contributed by atoms with E-state index in [9.17, 15) is 4.79 Å². The molecule has 5 heteroatoms. The molecule has 0 aliphatic rings. The van der Waals surface area contributed by atoms with Crippen LogP contribution in [0.4, 0.5) is 5.69 Å². The van der Waals surface area contributed by atoms with E-state index in [0.717, 1.165) is 22.1 Å². The van der Waals surface area contributed by atoms with Crippen molar-refractivity contribution >= 4 is 22.9 Å². The van der Waals surface area contributed by atoms with E-state index in [1.165, 1.54) is 0 Å². The smallest absolute Gasteiger partial charge is 0.224 e. The summed E-state index contributed by atoms with van der Waals surface area (Å²) in [7, 11) is 0. The number of ether oxygens (including phenoxy) is 1. The standard InChI is InChI=1S/C17H22N2O2S/c1-4-21-14-7-5-13(6-8-14)18-16(20)9-10-17-19-15(11-22-17)12(2)3/h5-8,11-12H,4,9-10H2,1-3H3,(H,18,20). The van der Waals surface area contributed by atoms with Crippen molar-refractivity contribution in [2.24, 2.45) is 0 Å². The summed E-state index contributed by atoms with van der Waals surface area (Å²) in [6, 6.07) is 7.41. The number of benzene rings is 1. The number of nitrogens with zero attached hydrogens (tertiary/aromatic N) is 1. The van der Waals surface area contributed by atoms with E-state index < -0.39 is 0 Å². The largest absolute Gasteiger partial charge is 0.494 e. The molecule has 22 heavy (non-hydrogen) atoms. The highest BCUT2D eigenvalue weighted by Gasteiger charge is 2.08. The van der Waals surface area contributed by atoms with Gasteiger partial charge in [0.2, 0.25) is 5.91 Å². The van der Waals surface area contributed by atoms with Crippen LogP contribution in [0.5, 0.6) is 5.75 Å². The Morgan fingerprint density at radius 1 is 1.32 bits per heavy atom. The van der Waals surface area contributed by atoms with Gasteiger partial charge in [0.25, 0.3) is 0 Å². The maximum absolute atomic E-state index is 12.0. The van der Waals surface area contributed by atoms with E-state index >= 15 is 0 Å². The van der Waals surface area contributed by atoms with Crippen molar-refractivity contribution in [3.8, 4) is 5.75 Å². The topological polar surface area (TPSA) is 51.2 Å². The van der Waals surface area contributed by atoms with Crippen molar-refractivity contribution in [1.29, 1.82) is 0 Å². The SMILES string of the molecule is CCOc1ccc(NC(=O)CCc2nc(C(C)C)cs2)cc1. The second kappa shape index (κ2) is 7.94. The summed E-state index contributed by atoms with van der Waals surface area (Å²) >= 11 is 1.63. The number of carbonyl (C=O) groups excluding carboxylic acids is 1. The second-order valence-corrected chi connectivity index (χ2v) is 6.27. The van der Waals surface area contributed by atoms with Crippen molar-refractivity contribution in [1.82, 2.24) is 4.98 Å². The minimum Gasteiger partial charge on any atom is -0.494 e. The summed E-state index contributed by atoms with van der Waals surface area (Å²) < 4.78 is 5.37. The highest BCUT2D eigenvalue weighted by atomic mass is 32.1. The predicted molar refractivity (Wildman–Crippen MR) is 90.8 cm³/mol. The molecule has 0 saturated carbocycles. The lowest BCUT2D eigenvalue weighted by atomic mass is 10.2. The molecule has 4 nitrogen and oxygen atoms in total. The Kier molecular flexibility index (Phi) is 5.95. The Hall–Kier alpha value is -1.88. The first-order chi connectivity index (χ1) is 10.6. The van der Waals surface area contributed by atoms with Crippen LogP contribution in [0.1, 0.15) is 43.8 Å². The minimum absolute atomic E-state index is 0.00505. The summed E-state index contributed by atoms with van der Waals surface area (Å²) in [5.74, 6) is 1.25. The highest BCUT2D eigenvalue weighted by Crippen LogP contribution is 2.19. The number of anilines is 1. The van der Waals surface area contributed by atoms with Crippen LogP contribution in [-0.2, 0) is 11.2 Å². The zero-order valence-corrected chi connectivity index (χ0v) is 14.1. The zero-order valence-electron chi connectivity index (χ0n) is 13.3. The maximum atomic E-state index is 12.0. The second-order valence-electron chi connectivity index (χ2n) is 5.33. The van der Waals surface area contributed by atoms with Gasteiger partial charge in [0.1, 0.15) is 5.75 Å². The fraction of sp³-hybridized carbons (Fsp3) is 0.412. The molecule has 0 atom stereocenters. The van der Waals surface area contributed by atoms with E-state index in [0.29, 0.717) is 25.4 Å². The van der Waals surface area contributed by atoms with Gasteiger partial charge in [-0.1, -0.05) is 13.8 Å². The van der Waals surface area contributed by atoms with Crippen LogP contribution in [0.3, 0.4) is 0 Å². The first-order valence-electron chi connectivity index (χ1n) is 7.55. The fourth-order valence-electron chi connectivity index (χ4n) is 1.95. The average molecular weight is 318 g/mol. The molecule has 2 aromatic rings.